The van der Waals surface area contributed by atoms with E-state index in [1.165, 1.54) is 6.08 Å². The Morgan fingerprint density at radius 1 is 1.33 bits per heavy atom. The molecule has 0 unspecified atom stereocenters. The van der Waals surface area contributed by atoms with Gasteiger partial charge in [0.05, 0.1) is 5.41 Å². The lowest BCUT2D eigenvalue weighted by molar-refractivity contribution is 0.100. The predicted molar refractivity (Wildman–Crippen MR) is 79.9 cm³/mol. The predicted octanol–water partition coefficient (Wildman–Crippen LogP) is 1.23. The van der Waals surface area contributed by atoms with Gasteiger partial charge in [-0.1, -0.05) is 30.3 Å². The third kappa shape index (κ3) is 3.69. The van der Waals surface area contributed by atoms with Crippen LogP contribution in [0, 0.1) is 6.92 Å². The van der Waals surface area contributed by atoms with Gasteiger partial charge >= 0.3 is 0 Å². The van der Waals surface area contributed by atoms with E-state index in [0.29, 0.717) is 5.69 Å². The van der Waals surface area contributed by atoms with E-state index in [1.54, 1.807) is 31.2 Å². The molecular weight excluding hydrogens is 292 g/mol. The first-order valence-corrected chi connectivity index (χ1v) is 7.54. The van der Waals surface area contributed by atoms with E-state index >= 15 is 0 Å². The van der Waals surface area contributed by atoms with Crippen molar-refractivity contribution in [1.29, 1.82) is 0 Å². The Labute approximate surface area is 121 Å². The van der Waals surface area contributed by atoms with Gasteiger partial charge in [-0.2, -0.15) is 5.10 Å². The summed E-state index contributed by atoms with van der Waals surface area (Å²) in [5.41, 5.74) is 6.34. The van der Waals surface area contributed by atoms with Crippen LogP contribution in [0.4, 0.5) is 5.82 Å². The zero-order valence-corrected chi connectivity index (χ0v) is 12.0. The topological polar surface area (TPSA) is 118 Å². The van der Waals surface area contributed by atoms with Crippen molar-refractivity contribution in [2.75, 3.05) is 4.72 Å². The van der Waals surface area contributed by atoms with Crippen molar-refractivity contribution in [3.8, 4) is 0 Å². The molecule has 0 bridgehead atoms. The van der Waals surface area contributed by atoms with Gasteiger partial charge in [0.1, 0.15) is 5.56 Å². The molecule has 21 heavy (non-hydrogen) atoms. The standard InChI is InChI=1S/C13H14N4O3S/c1-9-11(12(14)18)13(16-15-9)17-21(19,20)8-7-10-5-3-2-4-6-10/h2-8H,1H3,(H2,14,18)(H2,15,16,17)/b8-7+. The van der Waals surface area contributed by atoms with Crippen LogP contribution in [-0.2, 0) is 10.0 Å². The first kappa shape index (κ1) is 14.8. The average Bonchev–Trinajstić information content (AvgIpc) is 2.78. The average molecular weight is 306 g/mol. The molecule has 0 aliphatic heterocycles. The quantitative estimate of drug-likeness (QED) is 0.769. The Hall–Kier alpha value is -2.61. The molecule has 2 aromatic rings. The maximum atomic E-state index is 12.0. The lowest BCUT2D eigenvalue weighted by Crippen LogP contribution is -2.17. The number of carbonyl (C=O) groups is 1. The highest BCUT2D eigenvalue weighted by Gasteiger charge is 2.18. The normalized spacial score (nSPS) is 11.7. The van der Waals surface area contributed by atoms with Gasteiger partial charge in [0.15, 0.2) is 5.82 Å². The molecule has 0 spiro atoms. The number of nitrogens with zero attached hydrogens (tertiary/aromatic N) is 1. The number of hydrogen-bond donors (Lipinski definition) is 3. The second-order valence-corrected chi connectivity index (χ2v) is 5.86. The lowest BCUT2D eigenvalue weighted by Gasteiger charge is -2.02. The highest BCUT2D eigenvalue weighted by molar-refractivity contribution is 7.95. The van der Waals surface area contributed by atoms with E-state index in [2.05, 4.69) is 14.9 Å². The number of anilines is 1. The van der Waals surface area contributed by atoms with E-state index in [1.807, 2.05) is 6.07 Å². The van der Waals surface area contributed by atoms with Crippen molar-refractivity contribution in [2.24, 2.45) is 5.73 Å². The minimum absolute atomic E-state index is 0.0201. The van der Waals surface area contributed by atoms with E-state index in [-0.39, 0.29) is 11.4 Å². The van der Waals surface area contributed by atoms with Gasteiger partial charge in [0.25, 0.3) is 15.9 Å². The summed E-state index contributed by atoms with van der Waals surface area (Å²) < 4.78 is 26.1. The summed E-state index contributed by atoms with van der Waals surface area (Å²) in [4.78, 5) is 11.3. The first-order valence-electron chi connectivity index (χ1n) is 6.00. The van der Waals surface area contributed by atoms with Gasteiger partial charge in [0.2, 0.25) is 0 Å². The number of amides is 1. The molecule has 1 aromatic carbocycles. The number of aryl methyl sites for hydroxylation is 1. The number of nitrogens with one attached hydrogen (secondary N) is 2. The summed E-state index contributed by atoms with van der Waals surface area (Å²) in [6, 6.07) is 8.94. The van der Waals surface area contributed by atoms with Gasteiger partial charge < -0.3 is 5.73 Å². The highest BCUT2D eigenvalue weighted by atomic mass is 32.2. The summed E-state index contributed by atoms with van der Waals surface area (Å²) in [5, 5.41) is 7.24. The highest BCUT2D eigenvalue weighted by Crippen LogP contribution is 2.17. The van der Waals surface area contributed by atoms with Crippen LogP contribution < -0.4 is 10.5 Å². The summed E-state index contributed by atoms with van der Waals surface area (Å²) >= 11 is 0. The van der Waals surface area contributed by atoms with Crippen molar-refractivity contribution in [1.82, 2.24) is 10.2 Å². The Balaban J connectivity index is 2.23. The van der Waals surface area contributed by atoms with Crippen LogP contribution in [-0.4, -0.2) is 24.5 Å². The van der Waals surface area contributed by atoms with Crippen molar-refractivity contribution in [2.45, 2.75) is 6.92 Å². The van der Waals surface area contributed by atoms with Gasteiger partial charge in [-0.15, -0.1) is 0 Å². The molecule has 1 heterocycles. The fourth-order valence-electron chi connectivity index (χ4n) is 1.71. The minimum Gasteiger partial charge on any atom is -0.365 e. The molecule has 0 atom stereocenters. The summed E-state index contributed by atoms with van der Waals surface area (Å²) in [6.45, 7) is 1.57. The van der Waals surface area contributed by atoms with E-state index in [9.17, 15) is 13.2 Å². The molecule has 4 N–H and O–H groups in total. The molecule has 0 saturated carbocycles. The Kier molecular flexibility index (Phi) is 4.08. The number of sulfonamides is 1. The number of rotatable bonds is 5. The molecule has 0 aliphatic carbocycles. The zero-order valence-electron chi connectivity index (χ0n) is 11.2. The van der Waals surface area contributed by atoms with Gasteiger partial charge in [-0.05, 0) is 18.6 Å². The van der Waals surface area contributed by atoms with Gasteiger partial charge in [0, 0.05) is 5.69 Å². The third-order valence-electron chi connectivity index (χ3n) is 2.67. The Morgan fingerprint density at radius 3 is 2.62 bits per heavy atom. The smallest absolute Gasteiger partial charge is 0.256 e. The minimum atomic E-state index is -3.80. The number of nitrogens with two attached hydrogens (primary N) is 1. The van der Waals surface area contributed by atoms with E-state index < -0.39 is 15.9 Å². The van der Waals surface area contributed by atoms with Crippen LogP contribution in [0.5, 0.6) is 0 Å². The van der Waals surface area contributed by atoms with Crippen LogP contribution in [0.15, 0.2) is 35.7 Å². The molecule has 0 aliphatic rings. The number of hydrogen-bond acceptors (Lipinski definition) is 4. The molecule has 2 rings (SSSR count). The SMILES string of the molecule is Cc1[nH]nc(NS(=O)(=O)/C=C/c2ccccc2)c1C(N)=O. The molecule has 7 nitrogen and oxygen atoms in total. The maximum Gasteiger partial charge on any atom is 0.256 e. The molecule has 110 valence electrons. The fraction of sp³-hybridized carbons (Fsp3) is 0.0769. The lowest BCUT2D eigenvalue weighted by atomic mass is 10.2. The zero-order chi connectivity index (χ0) is 15.5. The molecule has 0 radical (unpaired) electrons. The van der Waals surface area contributed by atoms with Crippen LogP contribution in [0.25, 0.3) is 6.08 Å². The number of aromatic nitrogens is 2. The van der Waals surface area contributed by atoms with Crippen molar-refractivity contribution >= 4 is 27.8 Å². The van der Waals surface area contributed by atoms with Crippen LogP contribution in [0.3, 0.4) is 0 Å². The molecular formula is C13H14N4O3S. The fourth-order valence-corrected chi connectivity index (χ4v) is 2.53. The number of benzene rings is 1. The van der Waals surface area contributed by atoms with Gasteiger partial charge in [-0.25, -0.2) is 8.42 Å². The van der Waals surface area contributed by atoms with E-state index in [0.717, 1.165) is 11.0 Å². The Morgan fingerprint density at radius 2 is 2.00 bits per heavy atom. The number of H-pyrrole nitrogens is 1. The number of carbonyl (C=O) groups excluding carboxylic acids is 1. The molecule has 1 aromatic heterocycles. The molecule has 1 amide bonds. The van der Waals surface area contributed by atoms with Crippen molar-refractivity contribution < 1.29 is 13.2 Å². The summed E-state index contributed by atoms with van der Waals surface area (Å²) in [7, 11) is -3.80. The maximum absolute atomic E-state index is 12.0. The van der Waals surface area contributed by atoms with Gasteiger partial charge in [-0.3, -0.25) is 14.6 Å². The molecule has 8 heteroatoms. The van der Waals surface area contributed by atoms with E-state index in [4.69, 9.17) is 5.73 Å². The monoisotopic (exact) mass is 306 g/mol. The largest absolute Gasteiger partial charge is 0.365 e. The van der Waals surface area contributed by atoms with Crippen molar-refractivity contribution in [3.63, 3.8) is 0 Å². The Bertz CT molecular complexity index is 779. The van der Waals surface area contributed by atoms with Crippen molar-refractivity contribution in [3.05, 3.63) is 52.6 Å². The second-order valence-electron chi connectivity index (χ2n) is 4.30. The first-order chi connectivity index (χ1) is 9.89. The number of aromatic amines is 1. The second kappa shape index (κ2) is 5.80. The summed E-state index contributed by atoms with van der Waals surface area (Å²) in [6.07, 6.45) is 1.44. The molecule has 0 fully saturated rings. The van der Waals surface area contributed by atoms with Crippen LogP contribution >= 0.6 is 0 Å². The summed E-state index contributed by atoms with van der Waals surface area (Å²) in [5.74, 6) is -0.872. The molecule has 0 saturated heterocycles. The third-order valence-corrected chi connectivity index (χ3v) is 3.64. The number of primary amides is 1. The van der Waals surface area contributed by atoms with Crippen LogP contribution in [0.2, 0.25) is 0 Å². The van der Waals surface area contributed by atoms with Crippen LogP contribution in [0.1, 0.15) is 21.6 Å².